The third-order valence-electron chi connectivity index (χ3n) is 2.33. The zero-order valence-corrected chi connectivity index (χ0v) is 11.7. The lowest BCUT2D eigenvalue weighted by molar-refractivity contribution is -0.137. The molecule has 0 radical (unpaired) electrons. The molecule has 0 saturated carbocycles. The van der Waals surface area contributed by atoms with Gasteiger partial charge in [-0.05, 0) is 18.2 Å². The number of hydrogen-bond acceptors (Lipinski definition) is 5. The fraction of sp³-hybridized carbons (Fsp3) is 0.0833. The van der Waals surface area contributed by atoms with Crippen molar-refractivity contribution in [2.45, 2.75) is 16.1 Å². The first-order chi connectivity index (χ1) is 9.79. The van der Waals surface area contributed by atoms with E-state index in [1.807, 2.05) is 0 Å². The Labute approximate surface area is 126 Å². The zero-order chi connectivity index (χ0) is 15.6. The van der Waals surface area contributed by atoms with E-state index < -0.39 is 17.3 Å². The Morgan fingerprint density at radius 1 is 1.24 bits per heavy atom. The molecule has 9 heteroatoms. The molecular weight excluding hydrogens is 325 g/mol. The molecule has 0 bridgehead atoms. The van der Waals surface area contributed by atoms with Crippen LogP contribution in [0.15, 0.2) is 34.2 Å². The second kappa shape index (κ2) is 5.79. The predicted octanol–water partition coefficient (Wildman–Crippen LogP) is 3.75. The highest BCUT2D eigenvalue weighted by Crippen LogP contribution is 2.36. The second-order valence-corrected chi connectivity index (χ2v) is 5.29. The van der Waals surface area contributed by atoms with Crippen molar-refractivity contribution in [1.82, 2.24) is 9.97 Å². The van der Waals surface area contributed by atoms with Crippen molar-refractivity contribution in [2.75, 3.05) is 5.73 Å². The van der Waals surface area contributed by atoms with Gasteiger partial charge in [-0.2, -0.15) is 18.4 Å². The highest BCUT2D eigenvalue weighted by Gasteiger charge is 2.33. The van der Waals surface area contributed by atoms with Crippen LogP contribution in [-0.2, 0) is 6.18 Å². The van der Waals surface area contributed by atoms with Gasteiger partial charge in [-0.15, -0.1) is 0 Å². The standard InChI is InChI=1S/C12H6ClF3N4S/c13-9-4-10(20-11(18)19-9)21-7-2-1-6(5-17)8(3-7)12(14,15)16/h1-4H,(H2,18,19,20). The number of nitrogens with zero attached hydrogens (tertiary/aromatic N) is 3. The first kappa shape index (κ1) is 15.4. The van der Waals surface area contributed by atoms with E-state index in [0.29, 0.717) is 5.03 Å². The number of aromatic nitrogens is 2. The van der Waals surface area contributed by atoms with Gasteiger partial charge in [0.2, 0.25) is 5.95 Å². The maximum atomic E-state index is 12.9. The van der Waals surface area contributed by atoms with Crippen LogP contribution in [0.5, 0.6) is 0 Å². The summed E-state index contributed by atoms with van der Waals surface area (Å²) in [6, 6.07) is 6.28. The molecule has 2 N–H and O–H groups in total. The average Bonchev–Trinajstić information content (AvgIpc) is 2.36. The molecule has 2 aromatic rings. The van der Waals surface area contributed by atoms with E-state index in [1.165, 1.54) is 18.2 Å². The molecule has 0 aliphatic heterocycles. The fourth-order valence-corrected chi connectivity index (χ4v) is 2.62. The van der Waals surface area contributed by atoms with Gasteiger partial charge in [0.05, 0.1) is 17.2 Å². The van der Waals surface area contributed by atoms with Gasteiger partial charge in [-0.3, -0.25) is 0 Å². The quantitative estimate of drug-likeness (QED) is 0.849. The molecule has 1 aromatic heterocycles. The molecule has 0 saturated heterocycles. The van der Waals surface area contributed by atoms with Crippen LogP contribution in [0, 0.1) is 11.3 Å². The number of nitrogens with two attached hydrogens (primary N) is 1. The summed E-state index contributed by atoms with van der Waals surface area (Å²) in [5.74, 6) is -0.0744. The van der Waals surface area contributed by atoms with E-state index in [1.54, 1.807) is 0 Å². The SMILES string of the molecule is N#Cc1ccc(Sc2cc(Cl)nc(N)n2)cc1C(F)(F)F. The summed E-state index contributed by atoms with van der Waals surface area (Å²) in [7, 11) is 0. The average molecular weight is 331 g/mol. The molecule has 108 valence electrons. The fourth-order valence-electron chi connectivity index (χ4n) is 1.51. The highest BCUT2D eigenvalue weighted by molar-refractivity contribution is 7.99. The molecule has 0 amide bonds. The van der Waals surface area contributed by atoms with E-state index in [0.717, 1.165) is 23.9 Å². The maximum Gasteiger partial charge on any atom is 0.417 e. The molecule has 4 nitrogen and oxygen atoms in total. The van der Waals surface area contributed by atoms with E-state index in [2.05, 4.69) is 9.97 Å². The molecule has 0 aliphatic carbocycles. The third kappa shape index (κ3) is 3.77. The topological polar surface area (TPSA) is 75.6 Å². The summed E-state index contributed by atoms with van der Waals surface area (Å²) in [6.07, 6.45) is -4.61. The second-order valence-electron chi connectivity index (χ2n) is 3.81. The summed E-state index contributed by atoms with van der Waals surface area (Å²) in [5.41, 5.74) is 3.98. The summed E-state index contributed by atoms with van der Waals surface area (Å²) in [5, 5.41) is 9.13. The van der Waals surface area contributed by atoms with Gasteiger partial charge in [0.1, 0.15) is 10.2 Å². The van der Waals surface area contributed by atoms with Crippen molar-refractivity contribution in [1.29, 1.82) is 5.26 Å². The van der Waals surface area contributed by atoms with Crippen molar-refractivity contribution in [3.8, 4) is 6.07 Å². The molecule has 2 rings (SSSR count). The minimum Gasteiger partial charge on any atom is -0.368 e. The van der Waals surface area contributed by atoms with Gasteiger partial charge < -0.3 is 5.73 Å². The molecular formula is C12H6ClF3N4S. The first-order valence-electron chi connectivity index (χ1n) is 5.39. The summed E-state index contributed by atoms with van der Waals surface area (Å²) < 4.78 is 38.6. The highest BCUT2D eigenvalue weighted by atomic mass is 35.5. The third-order valence-corrected chi connectivity index (χ3v) is 3.43. The van der Waals surface area contributed by atoms with Crippen LogP contribution < -0.4 is 5.73 Å². The minimum absolute atomic E-state index is 0.0744. The van der Waals surface area contributed by atoms with Crippen LogP contribution in [0.3, 0.4) is 0 Å². The van der Waals surface area contributed by atoms with Crippen molar-refractivity contribution < 1.29 is 13.2 Å². The molecule has 21 heavy (non-hydrogen) atoms. The van der Waals surface area contributed by atoms with Crippen molar-refractivity contribution in [3.63, 3.8) is 0 Å². The van der Waals surface area contributed by atoms with Gasteiger partial charge in [-0.1, -0.05) is 23.4 Å². The number of nitriles is 1. The normalized spacial score (nSPS) is 11.2. The summed E-state index contributed by atoms with van der Waals surface area (Å²) >= 11 is 6.64. The molecule has 1 aromatic carbocycles. The van der Waals surface area contributed by atoms with E-state index in [-0.39, 0.29) is 16.0 Å². The zero-order valence-electron chi connectivity index (χ0n) is 10.1. The largest absolute Gasteiger partial charge is 0.417 e. The number of anilines is 1. The Balaban J connectivity index is 2.40. The number of rotatable bonds is 2. The van der Waals surface area contributed by atoms with Crippen LogP contribution >= 0.6 is 23.4 Å². The monoisotopic (exact) mass is 330 g/mol. The van der Waals surface area contributed by atoms with Gasteiger partial charge in [0, 0.05) is 11.0 Å². The molecule has 0 unspecified atom stereocenters. The molecule has 0 atom stereocenters. The molecule has 1 heterocycles. The molecule has 0 fully saturated rings. The Morgan fingerprint density at radius 3 is 2.52 bits per heavy atom. The van der Waals surface area contributed by atoms with Gasteiger partial charge in [0.15, 0.2) is 0 Å². The predicted molar refractivity (Wildman–Crippen MR) is 71.7 cm³/mol. The van der Waals surface area contributed by atoms with E-state index in [4.69, 9.17) is 22.6 Å². The molecule has 0 aliphatic rings. The Kier molecular flexibility index (Phi) is 4.25. The number of hydrogen-bond donors (Lipinski definition) is 1. The lowest BCUT2D eigenvalue weighted by Crippen LogP contribution is -2.07. The number of nitrogen functional groups attached to an aromatic ring is 1. The Morgan fingerprint density at radius 2 is 1.95 bits per heavy atom. The Bertz CT molecular complexity index is 707. The van der Waals surface area contributed by atoms with Crippen molar-refractivity contribution in [2.24, 2.45) is 0 Å². The lowest BCUT2D eigenvalue weighted by atomic mass is 10.1. The first-order valence-corrected chi connectivity index (χ1v) is 6.58. The summed E-state index contributed by atoms with van der Waals surface area (Å²) in [6.45, 7) is 0. The number of halogens is 4. The lowest BCUT2D eigenvalue weighted by Gasteiger charge is -2.10. The summed E-state index contributed by atoms with van der Waals surface area (Å²) in [4.78, 5) is 7.78. The number of alkyl halides is 3. The van der Waals surface area contributed by atoms with Crippen LogP contribution in [0.2, 0.25) is 5.15 Å². The van der Waals surface area contributed by atoms with Crippen LogP contribution in [0.4, 0.5) is 19.1 Å². The minimum atomic E-state index is -4.61. The van der Waals surface area contributed by atoms with Gasteiger partial charge >= 0.3 is 6.18 Å². The van der Waals surface area contributed by atoms with Crippen molar-refractivity contribution in [3.05, 3.63) is 40.5 Å². The maximum absolute atomic E-state index is 12.9. The van der Waals surface area contributed by atoms with Crippen LogP contribution in [0.25, 0.3) is 0 Å². The van der Waals surface area contributed by atoms with E-state index >= 15 is 0 Å². The van der Waals surface area contributed by atoms with Crippen molar-refractivity contribution >= 4 is 29.3 Å². The molecule has 0 spiro atoms. The van der Waals surface area contributed by atoms with Gasteiger partial charge in [0.25, 0.3) is 0 Å². The van der Waals surface area contributed by atoms with Gasteiger partial charge in [-0.25, -0.2) is 9.97 Å². The van der Waals surface area contributed by atoms with Crippen LogP contribution in [-0.4, -0.2) is 9.97 Å². The smallest absolute Gasteiger partial charge is 0.368 e. The van der Waals surface area contributed by atoms with Crippen LogP contribution in [0.1, 0.15) is 11.1 Å². The Hall–Kier alpha value is -1.98. The van der Waals surface area contributed by atoms with E-state index in [9.17, 15) is 13.2 Å². The number of benzene rings is 1.